The Kier molecular flexibility index (Phi) is 4.05. The molecular formula is C6F18N2OS2. The molecule has 0 fully saturated rings. The van der Waals surface area contributed by atoms with E-state index in [1.54, 1.807) is 0 Å². The molecule has 0 aliphatic heterocycles. The molecule has 0 bridgehead atoms. The lowest BCUT2D eigenvalue weighted by Gasteiger charge is -2.48. The van der Waals surface area contributed by atoms with E-state index in [1.807, 2.05) is 0 Å². The summed E-state index contributed by atoms with van der Waals surface area (Å²) < 4.78 is 226. The van der Waals surface area contributed by atoms with Crippen LogP contribution < -0.4 is 0 Å². The molecule has 1 aromatic heterocycles. The minimum atomic E-state index is -12.9. The maximum absolute atomic E-state index is 13.2. The van der Waals surface area contributed by atoms with E-state index in [4.69, 9.17) is 0 Å². The van der Waals surface area contributed by atoms with Crippen LogP contribution in [0.1, 0.15) is 11.8 Å². The lowest BCUT2D eigenvalue weighted by molar-refractivity contribution is -0.301. The smallest absolute Gasteiger partial charge is 0.413 e. The topological polar surface area (TPSA) is 38.9 Å². The predicted octanol–water partition coefficient (Wildman–Crippen LogP) is 8.04. The molecule has 0 saturated carbocycles. The summed E-state index contributed by atoms with van der Waals surface area (Å²) >= 11 is 0. The molecule has 0 saturated heterocycles. The Hall–Kier alpha value is -1.42. The molecule has 0 atom stereocenters. The monoisotopic (exact) mass is 522 g/mol. The van der Waals surface area contributed by atoms with Gasteiger partial charge >= 0.3 is 48.7 Å². The summed E-state index contributed by atoms with van der Waals surface area (Å²) in [5.74, 6) is -23.8. The maximum atomic E-state index is 13.2. The third-order valence-corrected chi connectivity index (χ3v) is 5.04. The standard InChI is InChI=1S/C6F18N2OS2/c7-3(8,5(11,12)6(13,14)29(20,21,22,23)24)1-25-26-2(27-1)4(9,10)28(15,16,17,18)19. The Labute approximate surface area is 144 Å². The molecule has 0 aliphatic rings. The van der Waals surface area contributed by atoms with E-state index in [0.717, 1.165) is 10.2 Å². The summed E-state index contributed by atoms with van der Waals surface area (Å²) in [6, 6.07) is 0. The average Bonchev–Trinajstić information content (AvgIpc) is 2.81. The van der Waals surface area contributed by atoms with Crippen molar-refractivity contribution in [2.45, 2.75) is 22.4 Å². The van der Waals surface area contributed by atoms with E-state index in [9.17, 15) is 74.0 Å². The zero-order chi connectivity index (χ0) is 24.1. The highest BCUT2D eigenvalue weighted by atomic mass is 32.5. The van der Waals surface area contributed by atoms with E-state index in [0.29, 0.717) is 0 Å². The van der Waals surface area contributed by atoms with E-state index in [-0.39, 0.29) is 0 Å². The third kappa shape index (κ3) is 3.52. The molecule has 0 unspecified atom stereocenters. The molecule has 0 radical (unpaired) electrons. The molecule has 29 heavy (non-hydrogen) atoms. The Morgan fingerprint density at radius 2 is 0.897 bits per heavy atom. The second kappa shape index (κ2) is 4.59. The summed E-state index contributed by atoms with van der Waals surface area (Å²) in [7, 11) is -25.0. The number of alkyl halides is 8. The zero-order valence-electron chi connectivity index (χ0n) is 11.9. The molecule has 0 spiro atoms. The van der Waals surface area contributed by atoms with Crippen LogP contribution in [0, 0.1) is 0 Å². The lowest BCUT2D eigenvalue weighted by Crippen LogP contribution is -2.57. The second-order valence-electron chi connectivity index (χ2n) is 5.03. The van der Waals surface area contributed by atoms with E-state index >= 15 is 0 Å². The van der Waals surface area contributed by atoms with Gasteiger partial charge in [-0.25, -0.2) is 0 Å². The van der Waals surface area contributed by atoms with Crippen LogP contribution in [0.4, 0.5) is 74.0 Å². The van der Waals surface area contributed by atoms with Crippen molar-refractivity contribution in [2.24, 2.45) is 0 Å². The molecule has 1 heterocycles. The van der Waals surface area contributed by atoms with Crippen molar-refractivity contribution >= 4 is 20.4 Å². The van der Waals surface area contributed by atoms with Crippen LogP contribution in [-0.4, -0.2) is 21.4 Å². The molecule has 0 N–H and O–H groups in total. The van der Waals surface area contributed by atoms with Gasteiger partial charge < -0.3 is 4.42 Å². The van der Waals surface area contributed by atoms with Crippen molar-refractivity contribution in [3.63, 3.8) is 0 Å². The number of halogens is 18. The zero-order valence-corrected chi connectivity index (χ0v) is 13.6. The van der Waals surface area contributed by atoms with Gasteiger partial charge in [0.15, 0.2) is 0 Å². The van der Waals surface area contributed by atoms with E-state index < -0.39 is 54.6 Å². The molecular weight excluding hydrogens is 522 g/mol. The van der Waals surface area contributed by atoms with Crippen molar-refractivity contribution in [3.8, 4) is 0 Å². The summed E-state index contributed by atoms with van der Waals surface area (Å²) in [5, 5.41) is -14.3. The lowest BCUT2D eigenvalue weighted by atomic mass is 10.2. The van der Waals surface area contributed by atoms with Gasteiger partial charge in [0.05, 0.1) is 0 Å². The molecule has 0 amide bonds. The minimum absolute atomic E-state index is 1.15. The summed E-state index contributed by atoms with van der Waals surface area (Å²) in [4.78, 5) is 0. The second-order valence-corrected chi connectivity index (χ2v) is 9.93. The van der Waals surface area contributed by atoms with Crippen LogP contribution >= 0.6 is 20.4 Å². The van der Waals surface area contributed by atoms with E-state index in [2.05, 4.69) is 4.42 Å². The highest BCUT2D eigenvalue weighted by Crippen LogP contribution is 3.07. The first-order valence-electron chi connectivity index (χ1n) is 5.52. The first-order valence-corrected chi connectivity index (χ1v) is 9.42. The van der Waals surface area contributed by atoms with Crippen LogP contribution in [0.25, 0.3) is 0 Å². The number of nitrogens with zero attached hydrogens (tertiary/aromatic N) is 2. The number of rotatable bonds is 6. The Bertz CT molecular complexity index is 832. The van der Waals surface area contributed by atoms with Crippen LogP contribution in [0.2, 0.25) is 0 Å². The van der Waals surface area contributed by atoms with Gasteiger partial charge in [0.25, 0.3) is 5.89 Å². The fourth-order valence-electron chi connectivity index (χ4n) is 1.19. The Morgan fingerprint density at radius 1 is 0.552 bits per heavy atom. The highest BCUT2D eigenvalue weighted by Gasteiger charge is 2.96. The summed E-state index contributed by atoms with van der Waals surface area (Å²) in [6.45, 7) is 0. The summed E-state index contributed by atoms with van der Waals surface area (Å²) in [6.07, 6.45) is 0. The fraction of sp³-hybridized carbons (Fsp3) is 0.667. The van der Waals surface area contributed by atoms with Crippen molar-refractivity contribution < 1.29 is 78.4 Å². The van der Waals surface area contributed by atoms with Crippen LogP contribution in [0.5, 0.6) is 0 Å². The van der Waals surface area contributed by atoms with Gasteiger partial charge in [0.2, 0.25) is 0 Å². The van der Waals surface area contributed by atoms with Gasteiger partial charge in [0.1, 0.15) is 0 Å². The van der Waals surface area contributed by atoms with Crippen molar-refractivity contribution in [2.75, 3.05) is 0 Å². The quantitative estimate of drug-likeness (QED) is 0.355. The van der Waals surface area contributed by atoms with Gasteiger partial charge in [-0.2, -0.15) is 35.1 Å². The number of aromatic nitrogens is 2. The molecule has 178 valence electrons. The van der Waals surface area contributed by atoms with Gasteiger partial charge in [-0.05, 0) is 0 Å². The largest absolute Gasteiger partial charge is 0.458 e. The van der Waals surface area contributed by atoms with Gasteiger partial charge in [-0.15, -0.1) is 10.2 Å². The predicted molar refractivity (Wildman–Crippen MR) is 58.2 cm³/mol. The average molecular weight is 522 g/mol. The Morgan fingerprint density at radius 3 is 1.21 bits per heavy atom. The summed E-state index contributed by atoms with van der Waals surface area (Å²) in [5.41, 5.74) is 0. The first-order chi connectivity index (χ1) is 11.7. The molecule has 0 aromatic carbocycles. The first kappa shape index (κ1) is 25.6. The van der Waals surface area contributed by atoms with Crippen LogP contribution in [0.15, 0.2) is 4.42 Å². The molecule has 1 aromatic rings. The molecule has 1 rings (SSSR count). The van der Waals surface area contributed by atoms with Crippen molar-refractivity contribution in [1.29, 1.82) is 0 Å². The number of hydrogen-bond acceptors (Lipinski definition) is 3. The van der Waals surface area contributed by atoms with Gasteiger partial charge in [-0.3, -0.25) is 0 Å². The van der Waals surface area contributed by atoms with Crippen molar-refractivity contribution in [3.05, 3.63) is 11.8 Å². The normalized spacial score (nSPS) is 20.5. The van der Waals surface area contributed by atoms with Crippen molar-refractivity contribution in [1.82, 2.24) is 10.2 Å². The molecule has 23 heteroatoms. The highest BCUT2D eigenvalue weighted by molar-refractivity contribution is 8.46. The number of hydrogen-bond donors (Lipinski definition) is 0. The maximum Gasteiger partial charge on any atom is 0.458 e. The van der Waals surface area contributed by atoms with Crippen LogP contribution in [0.3, 0.4) is 0 Å². The Balaban J connectivity index is 3.67. The molecule has 0 aliphatic carbocycles. The van der Waals surface area contributed by atoms with E-state index in [1.165, 1.54) is 0 Å². The SMILES string of the molecule is FC(F)(c1nnc(C(F)(F)S(F)(F)(F)(F)F)o1)C(F)(F)C(F)(F)S(F)(F)(F)(F)F. The minimum Gasteiger partial charge on any atom is -0.413 e. The van der Waals surface area contributed by atoms with Gasteiger partial charge in [0, 0.05) is 0 Å². The van der Waals surface area contributed by atoms with Gasteiger partial charge in [-0.1, -0.05) is 38.9 Å². The molecule has 3 nitrogen and oxygen atoms in total. The fourth-order valence-corrected chi connectivity index (χ4v) is 2.22. The van der Waals surface area contributed by atoms with Crippen LogP contribution in [-0.2, 0) is 11.2 Å². The third-order valence-electron chi connectivity index (χ3n) is 2.67.